The van der Waals surface area contributed by atoms with Gasteiger partial charge in [-0.1, -0.05) is 25.0 Å². The summed E-state index contributed by atoms with van der Waals surface area (Å²) in [7, 11) is 1.54. The summed E-state index contributed by atoms with van der Waals surface area (Å²) in [6.45, 7) is 0. The lowest BCUT2D eigenvalue weighted by Crippen LogP contribution is -2.47. The SMILES string of the molecule is COC1CCCCC1(O)Cc1cccc(F)c1F. The van der Waals surface area contributed by atoms with Crippen molar-refractivity contribution in [3.8, 4) is 0 Å². The van der Waals surface area contributed by atoms with Gasteiger partial charge in [-0.3, -0.25) is 0 Å². The Kier molecular flexibility index (Phi) is 3.97. The molecule has 0 bridgehead atoms. The van der Waals surface area contributed by atoms with E-state index >= 15 is 0 Å². The molecule has 1 saturated carbocycles. The summed E-state index contributed by atoms with van der Waals surface area (Å²) >= 11 is 0. The van der Waals surface area contributed by atoms with Crippen molar-refractivity contribution in [1.29, 1.82) is 0 Å². The quantitative estimate of drug-likeness (QED) is 0.901. The van der Waals surface area contributed by atoms with Gasteiger partial charge in [0, 0.05) is 13.5 Å². The molecule has 1 aromatic rings. The van der Waals surface area contributed by atoms with E-state index in [0.717, 1.165) is 25.3 Å². The van der Waals surface area contributed by atoms with Gasteiger partial charge in [0.1, 0.15) is 0 Å². The monoisotopic (exact) mass is 256 g/mol. The molecule has 1 aromatic carbocycles. The van der Waals surface area contributed by atoms with Crippen LogP contribution in [0.25, 0.3) is 0 Å². The van der Waals surface area contributed by atoms with E-state index in [1.54, 1.807) is 7.11 Å². The van der Waals surface area contributed by atoms with E-state index in [-0.39, 0.29) is 18.1 Å². The van der Waals surface area contributed by atoms with Crippen molar-refractivity contribution >= 4 is 0 Å². The fraction of sp³-hybridized carbons (Fsp3) is 0.571. The van der Waals surface area contributed by atoms with Crippen molar-refractivity contribution in [3.63, 3.8) is 0 Å². The Morgan fingerprint density at radius 2 is 2.17 bits per heavy atom. The van der Waals surface area contributed by atoms with Gasteiger partial charge in [0.2, 0.25) is 0 Å². The van der Waals surface area contributed by atoms with Crippen molar-refractivity contribution in [2.24, 2.45) is 0 Å². The maximum Gasteiger partial charge on any atom is 0.162 e. The molecular formula is C14H18F2O2. The number of aliphatic hydroxyl groups is 1. The van der Waals surface area contributed by atoms with Gasteiger partial charge in [-0.25, -0.2) is 8.78 Å². The largest absolute Gasteiger partial charge is 0.387 e. The van der Waals surface area contributed by atoms with Gasteiger partial charge in [-0.2, -0.15) is 0 Å². The highest BCUT2D eigenvalue weighted by molar-refractivity contribution is 5.21. The molecule has 1 N–H and O–H groups in total. The van der Waals surface area contributed by atoms with Crippen molar-refractivity contribution in [1.82, 2.24) is 0 Å². The van der Waals surface area contributed by atoms with E-state index in [9.17, 15) is 13.9 Å². The molecule has 0 radical (unpaired) electrons. The summed E-state index contributed by atoms with van der Waals surface area (Å²) in [5.74, 6) is -1.74. The van der Waals surface area contributed by atoms with Gasteiger partial charge in [0.05, 0.1) is 11.7 Å². The second kappa shape index (κ2) is 5.33. The summed E-state index contributed by atoms with van der Waals surface area (Å²) < 4.78 is 32.1. The minimum atomic E-state index is -1.10. The van der Waals surface area contributed by atoms with Crippen LogP contribution in [0.4, 0.5) is 8.78 Å². The van der Waals surface area contributed by atoms with Gasteiger partial charge in [-0.05, 0) is 24.5 Å². The van der Waals surface area contributed by atoms with E-state index in [1.165, 1.54) is 12.1 Å². The molecule has 2 atom stereocenters. The normalized spacial score (nSPS) is 28.3. The van der Waals surface area contributed by atoms with Gasteiger partial charge < -0.3 is 9.84 Å². The highest BCUT2D eigenvalue weighted by atomic mass is 19.2. The standard InChI is InChI=1S/C14H18F2O2/c1-18-12-7-2-3-8-14(12,17)9-10-5-4-6-11(15)13(10)16/h4-6,12,17H,2-3,7-9H2,1H3. The number of rotatable bonds is 3. The molecule has 0 heterocycles. The number of benzene rings is 1. The van der Waals surface area contributed by atoms with E-state index in [2.05, 4.69) is 0 Å². The third-order valence-electron chi connectivity index (χ3n) is 3.74. The highest BCUT2D eigenvalue weighted by Crippen LogP contribution is 2.34. The van der Waals surface area contributed by atoms with Crippen LogP contribution in [0.1, 0.15) is 31.2 Å². The Labute approximate surface area is 106 Å². The lowest BCUT2D eigenvalue weighted by molar-refractivity contribution is -0.116. The first kappa shape index (κ1) is 13.4. The summed E-state index contributed by atoms with van der Waals surface area (Å²) in [6, 6.07) is 4.05. The number of methoxy groups -OCH3 is 1. The lowest BCUT2D eigenvalue weighted by Gasteiger charge is -2.39. The van der Waals surface area contributed by atoms with Crippen LogP contribution in [0.5, 0.6) is 0 Å². The molecule has 2 unspecified atom stereocenters. The molecule has 1 aliphatic rings. The van der Waals surface area contributed by atoms with Crippen LogP contribution >= 0.6 is 0 Å². The van der Waals surface area contributed by atoms with Crippen LogP contribution in [0.15, 0.2) is 18.2 Å². The van der Waals surface area contributed by atoms with Crippen LogP contribution in [-0.2, 0) is 11.2 Å². The van der Waals surface area contributed by atoms with Gasteiger partial charge in [0.25, 0.3) is 0 Å². The predicted molar refractivity (Wildman–Crippen MR) is 64.3 cm³/mol. The van der Waals surface area contributed by atoms with E-state index in [4.69, 9.17) is 4.74 Å². The molecule has 0 amide bonds. The molecule has 1 aliphatic carbocycles. The average molecular weight is 256 g/mol. The van der Waals surface area contributed by atoms with Crippen molar-refractivity contribution in [2.45, 2.75) is 43.8 Å². The van der Waals surface area contributed by atoms with E-state index in [0.29, 0.717) is 6.42 Å². The Balaban J connectivity index is 2.23. The topological polar surface area (TPSA) is 29.5 Å². The third-order valence-corrected chi connectivity index (χ3v) is 3.74. The van der Waals surface area contributed by atoms with E-state index < -0.39 is 17.2 Å². The van der Waals surface area contributed by atoms with E-state index in [1.807, 2.05) is 0 Å². The van der Waals surface area contributed by atoms with Gasteiger partial charge in [-0.15, -0.1) is 0 Å². The first-order valence-electron chi connectivity index (χ1n) is 6.25. The van der Waals surface area contributed by atoms with Crippen LogP contribution < -0.4 is 0 Å². The zero-order valence-corrected chi connectivity index (χ0v) is 10.5. The van der Waals surface area contributed by atoms with Gasteiger partial charge >= 0.3 is 0 Å². The average Bonchev–Trinajstić information content (AvgIpc) is 2.35. The summed E-state index contributed by atoms with van der Waals surface area (Å²) in [5.41, 5.74) is -0.886. The molecule has 0 spiro atoms. The number of halogens is 2. The third kappa shape index (κ3) is 2.54. The molecular weight excluding hydrogens is 238 g/mol. The molecule has 0 saturated heterocycles. The molecule has 0 aliphatic heterocycles. The summed E-state index contributed by atoms with van der Waals surface area (Å²) in [5, 5.41) is 10.6. The van der Waals surface area contributed by atoms with Crippen molar-refractivity contribution in [2.75, 3.05) is 7.11 Å². The first-order chi connectivity index (χ1) is 8.57. The van der Waals surface area contributed by atoms with Crippen LogP contribution in [0.3, 0.4) is 0 Å². The fourth-order valence-corrected chi connectivity index (χ4v) is 2.74. The number of hydrogen-bond acceptors (Lipinski definition) is 2. The van der Waals surface area contributed by atoms with Crippen LogP contribution in [0.2, 0.25) is 0 Å². The summed E-state index contributed by atoms with van der Waals surface area (Å²) in [4.78, 5) is 0. The molecule has 0 aromatic heterocycles. The van der Waals surface area contributed by atoms with Crippen molar-refractivity contribution in [3.05, 3.63) is 35.4 Å². The van der Waals surface area contributed by atoms with Gasteiger partial charge in [0.15, 0.2) is 11.6 Å². The molecule has 4 heteroatoms. The molecule has 2 rings (SSSR count). The number of ether oxygens (including phenoxy) is 1. The maximum atomic E-state index is 13.6. The fourth-order valence-electron chi connectivity index (χ4n) is 2.74. The first-order valence-corrected chi connectivity index (χ1v) is 6.25. The minimum Gasteiger partial charge on any atom is -0.387 e. The zero-order chi connectivity index (χ0) is 13.2. The second-order valence-corrected chi connectivity index (χ2v) is 4.96. The van der Waals surface area contributed by atoms with Crippen LogP contribution in [-0.4, -0.2) is 23.9 Å². The predicted octanol–water partition coefficient (Wildman–Crippen LogP) is 2.83. The molecule has 18 heavy (non-hydrogen) atoms. The zero-order valence-electron chi connectivity index (χ0n) is 10.5. The molecule has 2 nitrogen and oxygen atoms in total. The minimum absolute atomic E-state index is 0.0924. The Morgan fingerprint density at radius 3 is 2.89 bits per heavy atom. The van der Waals surface area contributed by atoms with Crippen LogP contribution in [0, 0.1) is 11.6 Å². The second-order valence-electron chi connectivity index (χ2n) is 4.96. The Hall–Kier alpha value is -1.00. The van der Waals surface area contributed by atoms with Crippen molar-refractivity contribution < 1.29 is 18.6 Å². The smallest absolute Gasteiger partial charge is 0.162 e. The summed E-state index contributed by atoms with van der Waals surface area (Å²) in [6.07, 6.45) is 2.97. The molecule has 1 fully saturated rings. The number of hydrogen-bond donors (Lipinski definition) is 1. The highest BCUT2D eigenvalue weighted by Gasteiger charge is 2.39. The Morgan fingerprint density at radius 1 is 1.39 bits per heavy atom. The lowest BCUT2D eigenvalue weighted by atomic mass is 9.78. The maximum absolute atomic E-state index is 13.6. The molecule has 100 valence electrons. The Bertz CT molecular complexity index is 422.